The molecule has 0 aromatic carbocycles. The Morgan fingerprint density at radius 3 is 2.00 bits per heavy atom. The van der Waals surface area contributed by atoms with Crippen LogP contribution in [0.4, 0.5) is 0 Å². The van der Waals surface area contributed by atoms with E-state index in [4.69, 9.17) is 0 Å². The summed E-state index contributed by atoms with van der Waals surface area (Å²) in [5.41, 5.74) is 0.0309. The Bertz CT molecular complexity index is 475. The zero-order valence-electron chi connectivity index (χ0n) is 19.1. The van der Waals surface area contributed by atoms with E-state index >= 15 is 0 Å². The molecule has 28 heavy (non-hydrogen) atoms. The first kappa shape index (κ1) is 22.2. The van der Waals surface area contributed by atoms with Gasteiger partial charge >= 0.3 is 0 Å². The van der Waals surface area contributed by atoms with Crippen LogP contribution in [0.1, 0.15) is 129 Å². The Hall–Kier alpha value is -0.510. The molecular formula is C27H47N. The molecule has 0 amide bonds. The number of rotatable bonds is 8. The highest BCUT2D eigenvalue weighted by Gasteiger charge is 2.45. The van der Waals surface area contributed by atoms with E-state index in [0.717, 1.165) is 23.7 Å². The molecular weight excluding hydrogens is 338 g/mol. The van der Waals surface area contributed by atoms with E-state index in [9.17, 15) is 5.26 Å². The van der Waals surface area contributed by atoms with E-state index in [1.807, 2.05) is 0 Å². The molecule has 1 nitrogen and oxygen atoms in total. The quantitative estimate of drug-likeness (QED) is 0.383. The second-order valence-corrected chi connectivity index (χ2v) is 10.8. The van der Waals surface area contributed by atoms with Crippen LogP contribution >= 0.6 is 0 Å². The van der Waals surface area contributed by atoms with E-state index in [-0.39, 0.29) is 5.41 Å². The zero-order valence-corrected chi connectivity index (χ0v) is 19.1. The minimum Gasteiger partial charge on any atom is -0.198 e. The van der Waals surface area contributed by atoms with E-state index < -0.39 is 0 Å². The first-order chi connectivity index (χ1) is 13.7. The van der Waals surface area contributed by atoms with Crippen molar-refractivity contribution in [2.24, 2.45) is 35.0 Å². The SMILES string of the molecule is CCCCC[C@@]1(C#N)CCCC[C@H]1C1CCC([C@H]2CC[C@H](CCC)CC2)CC1. The van der Waals surface area contributed by atoms with Crippen molar-refractivity contribution in [3.63, 3.8) is 0 Å². The fourth-order valence-corrected chi connectivity index (χ4v) is 7.52. The van der Waals surface area contributed by atoms with Crippen LogP contribution in [0.25, 0.3) is 0 Å². The topological polar surface area (TPSA) is 23.8 Å². The third kappa shape index (κ3) is 5.34. The molecule has 0 aliphatic heterocycles. The fourth-order valence-electron chi connectivity index (χ4n) is 7.52. The van der Waals surface area contributed by atoms with Gasteiger partial charge in [0.15, 0.2) is 0 Å². The summed E-state index contributed by atoms with van der Waals surface area (Å²) in [5.74, 6) is 4.66. The summed E-state index contributed by atoms with van der Waals surface area (Å²) in [7, 11) is 0. The van der Waals surface area contributed by atoms with Crippen molar-refractivity contribution < 1.29 is 0 Å². The highest BCUT2D eigenvalue weighted by molar-refractivity contribution is 5.07. The Labute approximate surface area is 176 Å². The molecule has 0 N–H and O–H groups in total. The fraction of sp³-hybridized carbons (Fsp3) is 0.963. The summed E-state index contributed by atoms with van der Waals surface area (Å²) >= 11 is 0. The van der Waals surface area contributed by atoms with Gasteiger partial charge in [0.25, 0.3) is 0 Å². The summed E-state index contributed by atoms with van der Waals surface area (Å²) in [6.07, 6.45) is 25.0. The van der Waals surface area contributed by atoms with Gasteiger partial charge in [0.1, 0.15) is 0 Å². The van der Waals surface area contributed by atoms with Crippen molar-refractivity contribution in [3.8, 4) is 6.07 Å². The van der Waals surface area contributed by atoms with Gasteiger partial charge < -0.3 is 0 Å². The second-order valence-electron chi connectivity index (χ2n) is 10.8. The van der Waals surface area contributed by atoms with Crippen molar-refractivity contribution >= 4 is 0 Å². The number of hydrogen-bond donors (Lipinski definition) is 0. The van der Waals surface area contributed by atoms with Gasteiger partial charge in [0, 0.05) is 0 Å². The summed E-state index contributed by atoms with van der Waals surface area (Å²) in [6, 6.07) is 2.92. The molecule has 2 atom stereocenters. The number of hydrogen-bond acceptors (Lipinski definition) is 1. The van der Waals surface area contributed by atoms with Gasteiger partial charge in [-0.1, -0.05) is 71.6 Å². The average Bonchev–Trinajstić information content (AvgIpc) is 2.75. The first-order valence-corrected chi connectivity index (χ1v) is 13.1. The van der Waals surface area contributed by atoms with Gasteiger partial charge in [-0.05, 0) is 87.4 Å². The second kappa shape index (κ2) is 11.0. The van der Waals surface area contributed by atoms with Crippen LogP contribution < -0.4 is 0 Å². The third-order valence-electron chi connectivity index (χ3n) is 9.19. The maximum atomic E-state index is 10.2. The van der Waals surface area contributed by atoms with Gasteiger partial charge in [-0.15, -0.1) is 0 Å². The highest BCUT2D eigenvalue weighted by Crippen LogP contribution is 2.53. The van der Waals surface area contributed by atoms with E-state index in [1.165, 1.54) is 116 Å². The van der Waals surface area contributed by atoms with Crippen LogP contribution in [0.2, 0.25) is 0 Å². The van der Waals surface area contributed by atoms with Crippen molar-refractivity contribution in [1.82, 2.24) is 0 Å². The smallest absolute Gasteiger partial charge is 0.0692 e. The normalized spacial score (nSPS) is 39.4. The van der Waals surface area contributed by atoms with Crippen LogP contribution in [-0.2, 0) is 0 Å². The lowest BCUT2D eigenvalue weighted by molar-refractivity contribution is 0.0448. The molecule has 0 aromatic heterocycles. The van der Waals surface area contributed by atoms with Crippen LogP contribution in [0, 0.1) is 46.3 Å². The Kier molecular flexibility index (Phi) is 8.74. The van der Waals surface area contributed by atoms with E-state index in [0.29, 0.717) is 5.92 Å². The van der Waals surface area contributed by atoms with Crippen molar-refractivity contribution in [2.75, 3.05) is 0 Å². The number of unbranched alkanes of at least 4 members (excludes halogenated alkanes) is 2. The molecule has 0 heterocycles. The molecule has 3 rings (SSSR count). The number of nitrogens with zero attached hydrogens (tertiary/aromatic N) is 1. The van der Waals surface area contributed by atoms with Crippen molar-refractivity contribution in [3.05, 3.63) is 0 Å². The minimum atomic E-state index is 0.0309. The molecule has 3 aliphatic carbocycles. The molecule has 3 aliphatic rings. The highest BCUT2D eigenvalue weighted by atomic mass is 14.5. The molecule has 0 aromatic rings. The summed E-state index contributed by atoms with van der Waals surface area (Å²) in [4.78, 5) is 0. The average molecular weight is 386 g/mol. The largest absolute Gasteiger partial charge is 0.198 e. The maximum Gasteiger partial charge on any atom is 0.0692 e. The Morgan fingerprint density at radius 2 is 1.39 bits per heavy atom. The molecule has 3 fully saturated rings. The minimum absolute atomic E-state index is 0.0309. The third-order valence-corrected chi connectivity index (χ3v) is 9.19. The van der Waals surface area contributed by atoms with Gasteiger partial charge in [0.05, 0.1) is 11.5 Å². The van der Waals surface area contributed by atoms with Crippen molar-refractivity contribution in [2.45, 2.75) is 129 Å². The van der Waals surface area contributed by atoms with Crippen LogP contribution in [0.5, 0.6) is 0 Å². The summed E-state index contributed by atoms with van der Waals surface area (Å²) in [6.45, 7) is 4.64. The van der Waals surface area contributed by atoms with E-state index in [1.54, 1.807) is 0 Å². The summed E-state index contributed by atoms with van der Waals surface area (Å²) < 4.78 is 0. The monoisotopic (exact) mass is 385 g/mol. The molecule has 160 valence electrons. The maximum absolute atomic E-state index is 10.2. The molecule has 0 bridgehead atoms. The van der Waals surface area contributed by atoms with Gasteiger partial charge in [-0.25, -0.2) is 0 Å². The van der Waals surface area contributed by atoms with Crippen LogP contribution in [0.3, 0.4) is 0 Å². The molecule has 3 saturated carbocycles. The lowest BCUT2D eigenvalue weighted by atomic mass is 9.57. The molecule has 0 radical (unpaired) electrons. The Morgan fingerprint density at radius 1 is 0.750 bits per heavy atom. The predicted molar refractivity (Wildman–Crippen MR) is 120 cm³/mol. The molecule has 0 unspecified atom stereocenters. The van der Waals surface area contributed by atoms with Crippen LogP contribution in [-0.4, -0.2) is 0 Å². The predicted octanol–water partition coefficient (Wildman–Crippen LogP) is 8.68. The standard InChI is InChI=1S/C27H47N/c1-3-5-7-19-27(21-28)20-8-6-10-26(27)25-17-15-24(16-18-25)23-13-11-22(9-4-2)12-14-23/h22-26H,3-20H2,1-2H3/t22-,23-,24?,25?,26-,27-/m0/s1. The summed E-state index contributed by atoms with van der Waals surface area (Å²) in [5, 5.41) is 10.2. The first-order valence-electron chi connectivity index (χ1n) is 13.1. The molecule has 0 spiro atoms. The Balaban J connectivity index is 1.52. The van der Waals surface area contributed by atoms with Gasteiger partial charge in [-0.2, -0.15) is 5.26 Å². The number of nitriles is 1. The molecule has 0 saturated heterocycles. The zero-order chi connectivity index (χ0) is 19.8. The van der Waals surface area contributed by atoms with Gasteiger partial charge in [-0.3, -0.25) is 0 Å². The van der Waals surface area contributed by atoms with Crippen LogP contribution in [0.15, 0.2) is 0 Å². The molecule has 1 heteroatoms. The van der Waals surface area contributed by atoms with Crippen molar-refractivity contribution in [1.29, 1.82) is 5.26 Å². The van der Waals surface area contributed by atoms with E-state index in [2.05, 4.69) is 19.9 Å². The lowest BCUT2D eigenvalue weighted by Crippen LogP contribution is -2.39. The lowest BCUT2D eigenvalue weighted by Gasteiger charge is -2.46. The van der Waals surface area contributed by atoms with Gasteiger partial charge in [0.2, 0.25) is 0 Å².